The van der Waals surface area contributed by atoms with E-state index in [1.165, 1.54) is 31.0 Å². The largest absolute Gasteiger partial charge is 0.324 e. The molecule has 2 N–H and O–H groups in total. The van der Waals surface area contributed by atoms with Crippen molar-refractivity contribution < 1.29 is 0 Å². The molecular formula is C19H18IN. The van der Waals surface area contributed by atoms with Gasteiger partial charge in [0.2, 0.25) is 0 Å². The van der Waals surface area contributed by atoms with Gasteiger partial charge in [-0.1, -0.05) is 60.7 Å². The zero-order valence-corrected chi connectivity index (χ0v) is 14.2. The van der Waals surface area contributed by atoms with Crippen molar-refractivity contribution in [2.45, 2.75) is 19.4 Å². The van der Waals surface area contributed by atoms with E-state index >= 15 is 0 Å². The van der Waals surface area contributed by atoms with Crippen LogP contribution >= 0.6 is 22.6 Å². The van der Waals surface area contributed by atoms with Crippen LogP contribution in [0.4, 0.5) is 0 Å². The molecule has 1 atom stereocenters. The third kappa shape index (κ3) is 2.97. The van der Waals surface area contributed by atoms with E-state index in [0.29, 0.717) is 0 Å². The minimum atomic E-state index is 0.0302. The maximum Gasteiger partial charge on any atom is 0.0346 e. The molecule has 0 radical (unpaired) electrons. The Bertz CT molecular complexity index is 774. The van der Waals surface area contributed by atoms with Gasteiger partial charge in [-0.15, -0.1) is 0 Å². The summed E-state index contributed by atoms with van der Waals surface area (Å²) in [7, 11) is 0. The standard InChI is InChI=1S/C19H18IN/c1-13-6-4-11-17(19(13)20)18(21)12-15-9-5-8-14-7-2-3-10-16(14)15/h2-11,18H,12,21H2,1H3. The lowest BCUT2D eigenvalue weighted by atomic mass is 9.95. The first-order valence-electron chi connectivity index (χ1n) is 7.14. The highest BCUT2D eigenvalue weighted by Crippen LogP contribution is 2.27. The zero-order chi connectivity index (χ0) is 14.8. The molecule has 1 nitrogen and oxygen atoms in total. The quantitative estimate of drug-likeness (QED) is 0.630. The first-order chi connectivity index (χ1) is 10.2. The van der Waals surface area contributed by atoms with Crippen molar-refractivity contribution in [3.63, 3.8) is 0 Å². The Kier molecular flexibility index (Phi) is 4.27. The van der Waals surface area contributed by atoms with E-state index in [2.05, 4.69) is 90.2 Å². The molecule has 0 heterocycles. The van der Waals surface area contributed by atoms with E-state index in [0.717, 1.165) is 6.42 Å². The number of hydrogen-bond donors (Lipinski definition) is 1. The zero-order valence-electron chi connectivity index (χ0n) is 12.0. The van der Waals surface area contributed by atoms with Crippen molar-refractivity contribution in [2.24, 2.45) is 5.73 Å². The third-order valence-corrected chi connectivity index (χ3v) is 5.41. The van der Waals surface area contributed by atoms with Crippen molar-refractivity contribution in [3.05, 3.63) is 80.9 Å². The van der Waals surface area contributed by atoms with Crippen molar-refractivity contribution in [3.8, 4) is 0 Å². The first kappa shape index (κ1) is 14.5. The van der Waals surface area contributed by atoms with Crippen LogP contribution in [0.2, 0.25) is 0 Å². The summed E-state index contributed by atoms with van der Waals surface area (Å²) in [6.45, 7) is 2.13. The Hall–Kier alpha value is -1.39. The number of rotatable bonds is 3. The van der Waals surface area contributed by atoms with Gasteiger partial charge in [-0.2, -0.15) is 0 Å². The molecule has 21 heavy (non-hydrogen) atoms. The summed E-state index contributed by atoms with van der Waals surface area (Å²) in [5.74, 6) is 0. The number of aryl methyl sites for hydroxylation is 1. The summed E-state index contributed by atoms with van der Waals surface area (Å²) >= 11 is 2.40. The Labute approximate surface area is 139 Å². The van der Waals surface area contributed by atoms with E-state index in [9.17, 15) is 0 Å². The molecule has 0 aliphatic rings. The molecule has 0 spiro atoms. The maximum absolute atomic E-state index is 6.48. The molecule has 0 saturated carbocycles. The fraction of sp³-hybridized carbons (Fsp3) is 0.158. The van der Waals surface area contributed by atoms with Gasteiger partial charge in [-0.3, -0.25) is 0 Å². The maximum atomic E-state index is 6.48. The smallest absolute Gasteiger partial charge is 0.0346 e. The van der Waals surface area contributed by atoms with E-state index in [-0.39, 0.29) is 6.04 Å². The van der Waals surface area contributed by atoms with Gasteiger partial charge in [-0.05, 0) is 63.4 Å². The number of nitrogens with two attached hydrogens (primary N) is 1. The number of fused-ring (bicyclic) bond motifs is 1. The summed E-state index contributed by atoms with van der Waals surface area (Å²) in [5, 5.41) is 2.58. The first-order valence-corrected chi connectivity index (χ1v) is 8.22. The molecule has 3 aromatic rings. The van der Waals surface area contributed by atoms with Crippen LogP contribution in [0.1, 0.15) is 22.7 Å². The lowest BCUT2D eigenvalue weighted by molar-refractivity contribution is 0.720. The summed E-state index contributed by atoms with van der Waals surface area (Å²) in [5.41, 5.74) is 10.3. The molecule has 3 aromatic carbocycles. The van der Waals surface area contributed by atoms with Crippen LogP contribution in [0, 0.1) is 10.5 Å². The van der Waals surface area contributed by atoms with Crippen molar-refractivity contribution in [2.75, 3.05) is 0 Å². The summed E-state index contributed by atoms with van der Waals surface area (Å²) in [6, 6.07) is 21.4. The lowest BCUT2D eigenvalue weighted by Gasteiger charge is -2.16. The third-order valence-electron chi connectivity index (χ3n) is 3.94. The number of benzene rings is 3. The summed E-state index contributed by atoms with van der Waals surface area (Å²) < 4.78 is 1.28. The number of halogens is 1. The minimum Gasteiger partial charge on any atom is -0.324 e. The van der Waals surface area contributed by atoms with Crippen LogP contribution in [0.5, 0.6) is 0 Å². The topological polar surface area (TPSA) is 26.0 Å². The fourth-order valence-corrected chi connectivity index (χ4v) is 3.53. The van der Waals surface area contributed by atoms with Crippen molar-refractivity contribution >= 4 is 33.4 Å². The molecule has 0 aromatic heterocycles. The van der Waals surface area contributed by atoms with Crippen LogP contribution in [0.3, 0.4) is 0 Å². The van der Waals surface area contributed by atoms with Gasteiger partial charge in [0, 0.05) is 9.61 Å². The molecule has 0 fully saturated rings. The number of hydrogen-bond acceptors (Lipinski definition) is 1. The van der Waals surface area contributed by atoms with Gasteiger partial charge in [0.25, 0.3) is 0 Å². The minimum absolute atomic E-state index is 0.0302. The van der Waals surface area contributed by atoms with Gasteiger partial charge in [0.05, 0.1) is 0 Å². The van der Waals surface area contributed by atoms with E-state index in [1.54, 1.807) is 0 Å². The second-order valence-corrected chi connectivity index (χ2v) is 6.51. The Morgan fingerprint density at radius 3 is 2.52 bits per heavy atom. The van der Waals surface area contributed by atoms with Crippen molar-refractivity contribution in [1.82, 2.24) is 0 Å². The van der Waals surface area contributed by atoms with Crippen LogP contribution < -0.4 is 5.73 Å². The van der Waals surface area contributed by atoms with Gasteiger partial charge in [0.15, 0.2) is 0 Å². The normalized spacial score (nSPS) is 12.5. The molecule has 3 rings (SSSR count). The average molecular weight is 387 g/mol. The molecule has 0 bridgehead atoms. The highest BCUT2D eigenvalue weighted by atomic mass is 127. The van der Waals surface area contributed by atoms with Crippen LogP contribution in [0.25, 0.3) is 10.8 Å². The molecule has 0 amide bonds. The van der Waals surface area contributed by atoms with E-state index < -0.39 is 0 Å². The van der Waals surface area contributed by atoms with E-state index in [1.807, 2.05) is 0 Å². The van der Waals surface area contributed by atoms with Gasteiger partial charge < -0.3 is 5.73 Å². The predicted molar refractivity (Wildman–Crippen MR) is 98.5 cm³/mol. The highest BCUT2D eigenvalue weighted by molar-refractivity contribution is 14.1. The molecule has 0 saturated heterocycles. The Morgan fingerprint density at radius 2 is 1.67 bits per heavy atom. The summed E-state index contributed by atoms with van der Waals surface area (Å²) in [6.07, 6.45) is 0.862. The molecule has 0 aliphatic carbocycles. The molecular weight excluding hydrogens is 369 g/mol. The fourth-order valence-electron chi connectivity index (χ4n) is 2.77. The van der Waals surface area contributed by atoms with Crippen LogP contribution in [-0.4, -0.2) is 0 Å². The Morgan fingerprint density at radius 1 is 0.952 bits per heavy atom. The monoisotopic (exact) mass is 387 g/mol. The van der Waals surface area contributed by atoms with E-state index in [4.69, 9.17) is 5.73 Å². The Balaban J connectivity index is 1.97. The molecule has 2 heteroatoms. The highest BCUT2D eigenvalue weighted by Gasteiger charge is 2.13. The SMILES string of the molecule is Cc1cccc(C(N)Cc2cccc3ccccc23)c1I. The second-order valence-electron chi connectivity index (χ2n) is 5.43. The van der Waals surface area contributed by atoms with Gasteiger partial charge >= 0.3 is 0 Å². The van der Waals surface area contributed by atoms with Crippen LogP contribution in [0.15, 0.2) is 60.7 Å². The molecule has 106 valence electrons. The van der Waals surface area contributed by atoms with Gasteiger partial charge in [0.1, 0.15) is 0 Å². The second kappa shape index (κ2) is 6.16. The molecule has 0 aliphatic heterocycles. The van der Waals surface area contributed by atoms with Crippen LogP contribution in [-0.2, 0) is 6.42 Å². The molecule has 1 unspecified atom stereocenters. The predicted octanol–water partition coefficient (Wildman–Crippen LogP) is 5.00. The lowest BCUT2D eigenvalue weighted by Crippen LogP contribution is -2.15. The average Bonchev–Trinajstić information content (AvgIpc) is 2.50. The van der Waals surface area contributed by atoms with Crippen molar-refractivity contribution in [1.29, 1.82) is 0 Å². The summed E-state index contributed by atoms with van der Waals surface area (Å²) in [4.78, 5) is 0. The van der Waals surface area contributed by atoms with Gasteiger partial charge in [-0.25, -0.2) is 0 Å².